The molecule has 0 N–H and O–H groups in total. The minimum absolute atomic E-state index is 0.0338. The molecule has 0 aliphatic carbocycles. The lowest BCUT2D eigenvalue weighted by atomic mass is 9.74. The molecule has 0 radical (unpaired) electrons. The Balaban J connectivity index is 2.29. The van der Waals surface area contributed by atoms with Crippen molar-refractivity contribution in [3.05, 3.63) is 98.9 Å². The van der Waals surface area contributed by atoms with Gasteiger partial charge in [-0.2, -0.15) is 5.26 Å². The van der Waals surface area contributed by atoms with Crippen molar-refractivity contribution in [2.45, 2.75) is 5.41 Å². The molecule has 3 rings (SSSR count). The fourth-order valence-corrected chi connectivity index (χ4v) is 3.65. The smallest absolute Gasteiger partial charge is 0.258 e. The van der Waals surface area contributed by atoms with Gasteiger partial charge < -0.3 is 0 Å². The van der Waals surface area contributed by atoms with Crippen LogP contribution < -0.4 is 0 Å². The highest BCUT2D eigenvalue weighted by Crippen LogP contribution is 2.43. The molecule has 0 bridgehead atoms. The summed E-state index contributed by atoms with van der Waals surface area (Å²) in [5.74, 6) is 0. The van der Waals surface area contributed by atoms with Crippen molar-refractivity contribution in [2.75, 3.05) is 0 Å². The molecule has 112 valence electrons. The first kappa shape index (κ1) is 14.9. The van der Waals surface area contributed by atoms with Crippen LogP contribution in [0.5, 0.6) is 0 Å². The zero-order valence-corrected chi connectivity index (χ0v) is 12.9. The third-order valence-corrected chi connectivity index (χ3v) is 4.88. The average molecular weight is 320 g/mol. The van der Waals surface area contributed by atoms with E-state index in [1.807, 2.05) is 60.7 Å². The molecule has 0 aliphatic heterocycles. The zero-order valence-electron chi connectivity index (χ0n) is 12.0. The van der Waals surface area contributed by atoms with Crippen LogP contribution in [-0.4, -0.2) is 4.92 Å². The van der Waals surface area contributed by atoms with Crippen LogP contribution in [0.4, 0.5) is 5.00 Å². The Bertz CT molecular complexity index is 827. The molecule has 0 fully saturated rings. The van der Waals surface area contributed by atoms with Crippen LogP contribution in [0, 0.1) is 21.4 Å². The van der Waals surface area contributed by atoms with Gasteiger partial charge in [-0.1, -0.05) is 72.0 Å². The molecule has 0 atom stereocenters. The predicted octanol–water partition coefficient (Wildman–Crippen LogP) is 4.51. The van der Waals surface area contributed by atoms with Gasteiger partial charge in [-0.05, 0) is 17.2 Å². The van der Waals surface area contributed by atoms with Gasteiger partial charge in [-0.15, -0.1) is 0 Å². The van der Waals surface area contributed by atoms with E-state index in [9.17, 15) is 15.4 Å². The van der Waals surface area contributed by atoms with Crippen LogP contribution in [0.15, 0.2) is 72.8 Å². The minimum atomic E-state index is -1.05. The SMILES string of the molecule is N#CC(c1ccccc1)(c1ccccc1)c1ccc([N+](=O)[O-])s1. The van der Waals surface area contributed by atoms with Crippen LogP contribution >= 0.6 is 11.3 Å². The summed E-state index contributed by atoms with van der Waals surface area (Å²) in [5.41, 5.74) is 0.539. The fraction of sp³-hybridized carbons (Fsp3) is 0.0556. The maximum Gasteiger partial charge on any atom is 0.324 e. The van der Waals surface area contributed by atoms with Gasteiger partial charge in [0, 0.05) is 10.9 Å². The number of hydrogen-bond acceptors (Lipinski definition) is 4. The standard InChI is InChI=1S/C18H12N2O2S/c19-13-18(14-7-3-1-4-8-14,15-9-5-2-6-10-15)16-11-12-17(23-16)20(21)22/h1-12H. The summed E-state index contributed by atoms with van der Waals surface area (Å²) in [6, 6.07) is 24.3. The quantitative estimate of drug-likeness (QED) is 0.524. The summed E-state index contributed by atoms with van der Waals surface area (Å²) < 4.78 is 0. The number of hydrogen-bond donors (Lipinski definition) is 0. The first-order valence-corrected chi connectivity index (χ1v) is 7.77. The van der Waals surface area contributed by atoms with Crippen molar-refractivity contribution < 1.29 is 4.92 Å². The Hall–Kier alpha value is -2.97. The van der Waals surface area contributed by atoms with Crippen molar-refractivity contribution in [3.63, 3.8) is 0 Å². The highest BCUT2D eigenvalue weighted by molar-refractivity contribution is 7.15. The highest BCUT2D eigenvalue weighted by atomic mass is 32.1. The van der Waals surface area contributed by atoms with Crippen LogP contribution in [0.3, 0.4) is 0 Å². The fourth-order valence-electron chi connectivity index (χ4n) is 2.64. The van der Waals surface area contributed by atoms with Crippen molar-refractivity contribution in [2.24, 2.45) is 0 Å². The van der Waals surface area contributed by atoms with E-state index in [0.717, 1.165) is 22.5 Å². The molecule has 0 saturated carbocycles. The lowest BCUT2D eigenvalue weighted by Gasteiger charge is -2.26. The molecule has 2 aromatic carbocycles. The first-order valence-electron chi connectivity index (χ1n) is 6.95. The van der Waals surface area contributed by atoms with Crippen molar-refractivity contribution >= 4 is 16.3 Å². The summed E-state index contributed by atoms with van der Waals surface area (Å²) in [4.78, 5) is 11.3. The third kappa shape index (κ3) is 2.50. The summed E-state index contributed by atoms with van der Waals surface area (Å²) >= 11 is 1.04. The lowest BCUT2D eigenvalue weighted by molar-refractivity contribution is -0.380. The zero-order chi connectivity index (χ0) is 16.3. The van der Waals surface area contributed by atoms with Gasteiger partial charge in [-0.3, -0.25) is 10.1 Å². The molecule has 23 heavy (non-hydrogen) atoms. The summed E-state index contributed by atoms with van der Waals surface area (Å²) in [7, 11) is 0. The Morgan fingerprint density at radius 1 is 0.913 bits per heavy atom. The number of nitrogens with zero attached hydrogens (tertiary/aromatic N) is 2. The number of benzene rings is 2. The topological polar surface area (TPSA) is 66.9 Å². The number of nitro groups is 1. The first-order chi connectivity index (χ1) is 11.2. The Morgan fingerprint density at radius 2 is 1.43 bits per heavy atom. The molecule has 5 heteroatoms. The molecule has 3 aromatic rings. The van der Waals surface area contributed by atoms with Gasteiger partial charge in [0.15, 0.2) is 0 Å². The maximum atomic E-state index is 11.0. The van der Waals surface area contributed by atoms with Crippen molar-refractivity contribution in [1.82, 2.24) is 0 Å². The largest absolute Gasteiger partial charge is 0.324 e. The number of nitriles is 1. The van der Waals surface area contributed by atoms with Crippen molar-refractivity contribution in [1.29, 1.82) is 5.26 Å². The molecule has 0 amide bonds. The van der Waals surface area contributed by atoms with Gasteiger partial charge in [0.1, 0.15) is 5.41 Å². The Morgan fingerprint density at radius 3 is 1.83 bits per heavy atom. The second kappa shape index (κ2) is 6.03. The Kier molecular flexibility index (Phi) is 3.92. The molecular weight excluding hydrogens is 308 g/mol. The highest BCUT2D eigenvalue weighted by Gasteiger charge is 2.39. The molecule has 0 aliphatic rings. The molecule has 0 saturated heterocycles. The molecule has 0 spiro atoms. The van der Waals surface area contributed by atoms with E-state index in [2.05, 4.69) is 6.07 Å². The van der Waals surface area contributed by atoms with Crippen LogP contribution in [0.25, 0.3) is 0 Å². The lowest BCUT2D eigenvalue weighted by Crippen LogP contribution is -2.26. The average Bonchev–Trinajstić information content (AvgIpc) is 3.09. The summed E-state index contributed by atoms with van der Waals surface area (Å²) in [6.07, 6.45) is 0. The normalized spacial score (nSPS) is 10.9. The van der Waals surface area contributed by atoms with E-state index < -0.39 is 10.3 Å². The predicted molar refractivity (Wildman–Crippen MR) is 89.4 cm³/mol. The molecule has 1 aromatic heterocycles. The monoisotopic (exact) mass is 320 g/mol. The van der Waals surface area contributed by atoms with Crippen LogP contribution in [0.2, 0.25) is 0 Å². The molecule has 1 heterocycles. The van der Waals surface area contributed by atoms with Gasteiger partial charge in [0.25, 0.3) is 0 Å². The van der Waals surface area contributed by atoms with Gasteiger partial charge in [0.2, 0.25) is 0 Å². The third-order valence-electron chi connectivity index (χ3n) is 3.72. The number of thiophene rings is 1. The van der Waals surface area contributed by atoms with E-state index in [0.29, 0.717) is 4.88 Å². The van der Waals surface area contributed by atoms with Gasteiger partial charge >= 0.3 is 5.00 Å². The maximum absolute atomic E-state index is 11.0. The minimum Gasteiger partial charge on any atom is -0.258 e. The van der Waals surface area contributed by atoms with Gasteiger partial charge in [0.05, 0.1) is 11.0 Å². The molecule has 4 nitrogen and oxygen atoms in total. The van der Waals surface area contributed by atoms with Gasteiger partial charge in [-0.25, -0.2) is 0 Å². The van der Waals surface area contributed by atoms with E-state index in [4.69, 9.17) is 0 Å². The summed E-state index contributed by atoms with van der Waals surface area (Å²) in [5, 5.41) is 21.1. The van der Waals surface area contributed by atoms with E-state index in [1.54, 1.807) is 6.07 Å². The second-order valence-corrected chi connectivity index (χ2v) is 6.05. The molecule has 0 unspecified atom stereocenters. The Labute approximate surface area is 137 Å². The van der Waals surface area contributed by atoms with E-state index >= 15 is 0 Å². The van der Waals surface area contributed by atoms with Crippen LogP contribution in [-0.2, 0) is 5.41 Å². The molecular formula is C18H12N2O2S. The van der Waals surface area contributed by atoms with Crippen molar-refractivity contribution in [3.8, 4) is 6.07 Å². The second-order valence-electron chi connectivity index (χ2n) is 4.99. The van der Waals surface area contributed by atoms with E-state index in [-0.39, 0.29) is 5.00 Å². The van der Waals surface area contributed by atoms with E-state index in [1.165, 1.54) is 6.07 Å². The van der Waals surface area contributed by atoms with Crippen LogP contribution in [0.1, 0.15) is 16.0 Å². The summed E-state index contributed by atoms with van der Waals surface area (Å²) in [6.45, 7) is 0. The number of rotatable bonds is 4.